The van der Waals surface area contributed by atoms with Crippen molar-refractivity contribution in [2.75, 3.05) is 19.6 Å². The van der Waals surface area contributed by atoms with Crippen LogP contribution >= 0.6 is 0 Å². The topological polar surface area (TPSA) is 46.0 Å². The molecule has 2 aromatic rings. The molecule has 4 heterocycles. The minimum absolute atomic E-state index is 0.360. The van der Waals surface area contributed by atoms with Crippen LogP contribution < -0.4 is 5.32 Å². The summed E-state index contributed by atoms with van der Waals surface area (Å²) >= 11 is 0. The van der Waals surface area contributed by atoms with Crippen molar-refractivity contribution in [2.24, 2.45) is 0 Å². The predicted octanol–water partition coefficient (Wildman–Crippen LogP) is 2.47. The van der Waals surface area contributed by atoms with E-state index in [9.17, 15) is 0 Å². The number of pyridine rings is 1. The highest BCUT2D eigenvalue weighted by Gasteiger charge is 2.32. The molecule has 2 aromatic heterocycles. The van der Waals surface area contributed by atoms with Crippen LogP contribution in [0.1, 0.15) is 50.6 Å². The van der Waals surface area contributed by atoms with Crippen molar-refractivity contribution in [3.05, 3.63) is 24.2 Å². The molecule has 0 spiro atoms. The Bertz CT molecular complexity index is 629. The van der Waals surface area contributed by atoms with Gasteiger partial charge in [0.25, 0.3) is 0 Å². The van der Waals surface area contributed by atoms with Crippen molar-refractivity contribution < 1.29 is 0 Å². The van der Waals surface area contributed by atoms with Crippen molar-refractivity contribution in [2.45, 2.75) is 44.8 Å². The zero-order valence-electron chi connectivity index (χ0n) is 12.6. The first kappa shape index (κ1) is 13.2. The summed E-state index contributed by atoms with van der Waals surface area (Å²) in [7, 11) is 0. The van der Waals surface area contributed by atoms with Crippen LogP contribution in [0.5, 0.6) is 0 Å². The molecule has 0 aromatic carbocycles. The van der Waals surface area contributed by atoms with Gasteiger partial charge in [0.1, 0.15) is 11.3 Å². The average Bonchev–Trinajstić information content (AvgIpc) is 3.24. The van der Waals surface area contributed by atoms with Gasteiger partial charge in [0.2, 0.25) is 0 Å². The number of imidazole rings is 1. The van der Waals surface area contributed by atoms with Gasteiger partial charge in [-0.05, 0) is 57.5 Å². The molecule has 2 saturated heterocycles. The molecule has 2 unspecified atom stereocenters. The molecule has 1 N–H and O–H groups in total. The van der Waals surface area contributed by atoms with E-state index in [2.05, 4.69) is 32.8 Å². The number of fused-ring (bicyclic) bond motifs is 1. The lowest BCUT2D eigenvalue weighted by Gasteiger charge is -2.25. The Kier molecular flexibility index (Phi) is 3.39. The molecular formula is C16H23N5. The smallest absolute Gasteiger partial charge is 0.161 e. The van der Waals surface area contributed by atoms with Gasteiger partial charge in [0.15, 0.2) is 5.65 Å². The molecule has 0 amide bonds. The van der Waals surface area contributed by atoms with Gasteiger partial charge in [-0.3, -0.25) is 14.8 Å². The van der Waals surface area contributed by atoms with Crippen molar-refractivity contribution >= 4 is 11.2 Å². The molecule has 2 aliphatic rings. The van der Waals surface area contributed by atoms with Crippen LogP contribution in [-0.2, 0) is 0 Å². The lowest BCUT2D eigenvalue weighted by atomic mass is 10.2. The average molecular weight is 285 g/mol. The Morgan fingerprint density at radius 2 is 2.29 bits per heavy atom. The summed E-state index contributed by atoms with van der Waals surface area (Å²) in [6.07, 6.45) is 7.13. The second-order valence-corrected chi connectivity index (χ2v) is 6.08. The Balaban J connectivity index is 1.85. The van der Waals surface area contributed by atoms with Crippen molar-refractivity contribution in [1.82, 2.24) is 24.8 Å². The highest BCUT2D eigenvalue weighted by molar-refractivity contribution is 5.71. The van der Waals surface area contributed by atoms with Gasteiger partial charge < -0.3 is 0 Å². The van der Waals surface area contributed by atoms with Crippen LogP contribution in [0, 0.1) is 0 Å². The summed E-state index contributed by atoms with van der Waals surface area (Å²) in [6, 6.07) is 4.52. The number of nitrogens with one attached hydrogen (secondary N) is 1. The maximum Gasteiger partial charge on any atom is 0.161 e. The monoisotopic (exact) mass is 285 g/mol. The molecule has 4 rings (SSSR count). The van der Waals surface area contributed by atoms with E-state index in [1.165, 1.54) is 38.1 Å². The zero-order chi connectivity index (χ0) is 14.2. The van der Waals surface area contributed by atoms with Crippen LogP contribution in [0.2, 0.25) is 0 Å². The third-order valence-corrected chi connectivity index (χ3v) is 4.89. The lowest BCUT2D eigenvalue weighted by molar-refractivity contribution is 0.251. The van der Waals surface area contributed by atoms with Gasteiger partial charge in [0.05, 0.1) is 12.2 Å². The van der Waals surface area contributed by atoms with Crippen LogP contribution in [0.3, 0.4) is 0 Å². The van der Waals surface area contributed by atoms with Crippen molar-refractivity contribution in [1.29, 1.82) is 0 Å². The minimum Gasteiger partial charge on any atom is -0.297 e. The van der Waals surface area contributed by atoms with E-state index in [0.717, 1.165) is 24.3 Å². The predicted molar refractivity (Wildman–Crippen MR) is 83.0 cm³/mol. The van der Waals surface area contributed by atoms with Crippen LogP contribution in [-0.4, -0.2) is 39.1 Å². The van der Waals surface area contributed by atoms with E-state index in [1.54, 1.807) is 0 Å². The SMILES string of the molecule is CCN1CCCC1c1nc2cccnc2n1C1CCCN1. The first-order chi connectivity index (χ1) is 10.4. The largest absolute Gasteiger partial charge is 0.297 e. The zero-order valence-corrected chi connectivity index (χ0v) is 12.6. The second kappa shape index (κ2) is 5.39. The van der Waals surface area contributed by atoms with Crippen molar-refractivity contribution in [3.8, 4) is 0 Å². The standard InChI is InChI=1S/C16H23N5/c1-2-20-11-5-7-13(20)16-19-12-6-3-10-18-15(12)21(16)14-8-4-9-17-14/h3,6,10,13-14,17H,2,4-5,7-9,11H2,1H3. The number of likely N-dealkylation sites (tertiary alicyclic amines) is 1. The van der Waals surface area contributed by atoms with Gasteiger partial charge in [0, 0.05) is 6.20 Å². The molecule has 5 heteroatoms. The van der Waals surface area contributed by atoms with E-state index in [0.29, 0.717) is 12.2 Å². The molecule has 112 valence electrons. The highest BCUT2D eigenvalue weighted by atomic mass is 15.3. The molecule has 0 saturated carbocycles. The first-order valence-electron chi connectivity index (χ1n) is 8.18. The number of nitrogens with zero attached hydrogens (tertiary/aromatic N) is 4. The molecule has 21 heavy (non-hydrogen) atoms. The third-order valence-electron chi connectivity index (χ3n) is 4.89. The third kappa shape index (κ3) is 2.15. The van der Waals surface area contributed by atoms with Gasteiger partial charge >= 0.3 is 0 Å². The lowest BCUT2D eigenvalue weighted by Crippen LogP contribution is -2.28. The fourth-order valence-corrected chi connectivity index (χ4v) is 3.87. The molecule has 2 aliphatic heterocycles. The Hall–Kier alpha value is -1.46. The molecule has 0 radical (unpaired) electrons. The molecule has 2 fully saturated rings. The Labute approximate surface area is 125 Å². The second-order valence-electron chi connectivity index (χ2n) is 6.08. The van der Waals surface area contributed by atoms with E-state index in [4.69, 9.17) is 4.98 Å². The Morgan fingerprint density at radius 1 is 1.33 bits per heavy atom. The van der Waals surface area contributed by atoms with Gasteiger partial charge in [-0.2, -0.15) is 0 Å². The van der Waals surface area contributed by atoms with E-state index < -0.39 is 0 Å². The van der Waals surface area contributed by atoms with Gasteiger partial charge in [-0.25, -0.2) is 9.97 Å². The van der Waals surface area contributed by atoms with Crippen LogP contribution in [0.15, 0.2) is 18.3 Å². The summed E-state index contributed by atoms with van der Waals surface area (Å²) in [4.78, 5) is 12.1. The summed E-state index contributed by atoms with van der Waals surface area (Å²) in [5.41, 5.74) is 2.07. The van der Waals surface area contributed by atoms with E-state index >= 15 is 0 Å². The van der Waals surface area contributed by atoms with E-state index in [1.807, 2.05) is 12.3 Å². The molecule has 2 atom stereocenters. The molecule has 0 bridgehead atoms. The quantitative estimate of drug-likeness (QED) is 0.941. The maximum absolute atomic E-state index is 4.96. The summed E-state index contributed by atoms with van der Waals surface area (Å²) in [5, 5.41) is 3.61. The number of hydrogen-bond acceptors (Lipinski definition) is 4. The van der Waals surface area contributed by atoms with Crippen molar-refractivity contribution in [3.63, 3.8) is 0 Å². The maximum atomic E-state index is 4.96. The summed E-state index contributed by atoms with van der Waals surface area (Å²) in [6.45, 7) is 5.63. The van der Waals surface area contributed by atoms with Gasteiger partial charge in [-0.15, -0.1) is 0 Å². The summed E-state index contributed by atoms with van der Waals surface area (Å²) < 4.78 is 2.38. The van der Waals surface area contributed by atoms with Crippen LogP contribution in [0.25, 0.3) is 11.2 Å². The fraction of sp³-hybridized carbons (Fsp3) is 0.625. The molecule has 0 aliphatic carbocycles. The fourth-order valence-electron chi connectivity index (χ4n) is 3.87. The first-order valence-corrected chi connectivity index (χ1v) is 8.18. The number of hydrogen-bond donors (Lipinski definition) is 1. The highest BCUT2D eigenvalue weighted by Crippen LogP contribution is 2.35. The summed E-state index contributed by atoms with van der Waals surface area (Å²) in [5.74, 6) is 1.21. The molecule has 5 nitrogen and oxygen atoms in total. The number of aromatic nitrogens is 3. The van der Waals surface area contributed by atoms with Gasteiger partial charge in [-0.1, -0.05) is 6.92 Å². The Morgan fingerprint density at radius 3 is 3.10 bits per heavy atom. The normalized spacial score (nSPS) is 26.9. The molecular weight excluding hydrogens is 262 g/mol. The van der Waals surface area contributed by atoms with E-state index in [-0.39, 0.29) is 0 Å². The van der Waals surface area contributed by atoms with Crippen LogP contribution in [0.4, 0.5) is 0 Å². The number of rotatable bonds is 3. The minimum atomic E-state index is 0.360.